The Hall–Kier alpha value is -2.38. The minimum Gasteiger partial charge on any atom is -0.368 e. The molecule has 1 aliphatic heterocycles. The summed E-state index contributed by atoms with van der Waals surface area (Å²) < 4.78 is 13.9. The van der Waals surface area contributed by atoms with E-state index in [4.69, 9.17) is 0 Å². The predicted octanol–water partition coefficient (Wildman–Crippen LogP) is 4.70. The van der Waals surface area contributed by atoms with Gasteiger partial charge in [-0.25, -0.2) is 9.37 Å². The van der Waals surface area contributed by atoms with Gasteiger partial charge in [0, 0.05) is 42.8 Å². The molecule has 0 unspecified atom stereocenters. The van der Waals surface area contributed by atoms with Gasteiger partial charge in [-0.2, -0.15) is 0 Å². The van der Waals surface area contributed by atoms with E-state index in [2.05, 4.69) is 41.1 Å². The highest BCUT2D eigenvalue weighted by molar-refractivity contribution is 8.01. The van der Waals surface area contributed by atoms with Gasteiger partial charge < -0.3 is 9.80 Å². The van der Waals surface area contributed by atoms with Crippen LogP contribution in [0, 0.1) is 12.7 Å². The second kappa shape index (κ2) is 8.97. The van der Waals surface area contributed by atoms with Crippen molar-refractivity contribution in [3.05, 3.63) is 65.3 Å². The van der Waals surface area contributed by atoms with E-state index in [-0.39, 0.29) is 11.7 Å². The van der Waals surface area contributed by atoms with Crippen LogP contribution >= 0.6 is 23.1 Å². The summed E-state index contributed by atoms with van der Waals surface area (Å²) in [6.45, 7) is 5.29. The summed E-state index contributed by atoms with van der Waals surface area (Å²) in [6, 6.07) is 14.8. The largest absolute Gasteiger partial charge is 0.368 e. The number of thioether (sulfide) groups is 1. The Morgan fingerprint density at radius 2 is 1.90 bits per heavy atom. The Bertz CT molecular complexity index is 982. The Morgan fingerprint density at radius 1 is 1.14 bits per heavy atom. The summed E-state index contributed by atoms with van der Waals surface area (Å²) in [7, 11) is 0. The van der Waals surface area contributed by atoms with Gasteiger partial charge in [-0.05, 0) is 48.9 Å². The van der Waals surface area contributed by atoms with Gasteiger partial charge in [0.05, 0.1) is 11.4 Å². The molecule has 2 aromatic carbocycles. The lowest BCUT2D eigenvalue weighted by molar-refractivity contribution is -0.128. The average Bonchev–Trinajstić information content (AvgIpc) is 3.22. The lowest BCUT2D eigenvalue weighted by atomic mass is 10.2. The number of amides is 1. The SMILES string of the molecule is Cc1cccc(N2CCN(C(=O)CSc3nc(-c4ccc(F)cc4)cs3)CC2)c1. The Balaban J connectivity index is 1.28. The van der Waals surface area contributed by atoms with Gasteiger partial charge in [-0.1, -0.05) is 23.9 Å². The number of piperazine rings is 1. The number of anilines is 1. The maximum absolute atomic E-state index is 13.1. The van der Waals surface area contributed by atoms with E-state index >= 15 is 0 Å². The molecule has 0 radical (unpaired) electrons. The molecule has 0 N–H and O–H groups in total. The molecule has 4 rings (SSSR count). The number of carbonyl (C=O) groups excluding carboxylic acids is 1. The van der Waals surface area contributed by atoms with Crippen LogP contribution in [-0.2, 0) is 4.79 Å². The minimum atomic E-state index is -0.258. The summed E-state index contributed by atoms with van der Waals surface area (Å²) in [6.07, 6.45) is 0. The molecule has 0 saturated carbocycles. The number of hydrogen-bond donors (Lipinski definition) is 0. The molecular weight excluding hydrogens is 405 g/mol. The predicted molar refractivity (Wildman–Crippen MR) is 118 cm³/mol. The average molecular weight is 428 g/mol. The molecule has 29 heavy (non-hydrogen) atoms. The van der Waals surface area contributed by atoms with Crippen molar-refractivity contribution in [2.24, 2.45) is 0 Å². The Labute approximate surface area is 178 Å². The van der Waals surface area contributed by atoms with Gasteiger partial charge in [-0.15, -0.1) is 11.3 Å². The molecule has 1 aliphatic rings. The molecule has 0 spiro atoms. The molecular formula is C22H22FN3OS2. The van der Waals surface area contributed by atoms with Crippen LogP contribution in [0.4, 0.5) is 10.1 Å². The van der Waals surface area contributed by atoms with E-state index < -0.39 is 0 Å². The number of nitrogens with zero attached hydrogens (tertiary/aromatic N) is 3. The standard InChI is InChI=1S/C22H22FN3OS2/c1-16-3-2-4-19(13-16)25-9-11-26(12-10-25)21(27)15-29-22-24-20(14-28-22)17-5-7-18(23)8-6-17/h2-8,13-14H,9-12,15H2,1H3. The van der Waals surface area contributed by atoms with E-state index in [1.165, 1.54) is 46.5 Å². The van der Waals surface area contributed by atoms with Crippen molar-refractivity contribution in [3.8, 4) is 11.3 Å². The zero-order valence-electron chi connectivity index (χ0n) is 16.2. The fourth-order valence-corrected chi connectivity index (χ4v) is 5.07. The molecule has 1 saturated heterocycles. The Morgan fingerprint density at radius 3 is 2.62 bits per heavy atom. The summed E-state index contributed by atoms with van der Waals surface area (Å²) in [5.74, 6) is 0.282. The molecule has 4 nitrogen and oxygen atoms in total. The minimum absolute atomic E-state index is 0.150. The summed E-state index contributed by atoms with van der Waals surface area (Å²) in [5.41, 5.74) is 4.17. The molecule has 0 bridgehead atoms. The van der Waals surface area contributed by atoms with Gasteiger partial charge in [0.1, 0.15) is 5.82 Å². The smallest absolute Gasteiger partial charge is 0.233 e. The third kappa shape index (κ3) is 4.97. The quantitative estimate of drug-likeness (QED) is 0.553. The molecule has 1 amide bonds. The second-order valence-corrected chi connectivity index (χ2v) is 9.08. The summed E-state index contributed by atoms with van der Waals surface area (Å²) >= 11 is 2.98. The molecule has 1 fully saturated rings. The highest BCUT2D eigenvalue weighted by Crippen LogP contribution is 2.28. The summed E-state index contributed by atoms with van der Waals surface area (Å²) in [4.78, 5) is 21.4. The van der Waals surface area contributed by atoms with Crippen LogP contribution in [0.25, 0.3) is 11.3 Å². The van der Waals surface area contributed by atoms with Crippen molar-refractivity contribution in [3.63, 3.8) is 0 Å². The monoisotopic (exact) mass is 427 g/mol. The highest BCUT2D eigenvalue weighted by Gasteiger charge is 2.21. The van der Waals surface area contributed by atoms with Gasteiger partial charge in [0.25, 0.3) is 0 Å². The topological polar surface area (TPSA) is 36.4 Å². The molecule has 150 valence electrons. The maximum atomic E-state index is 13.1. The Kier molecular flexibility index (Phi) is 6.16. The van der Waals surface area contributed by atoms with Crippen LogP contribution in [-0.4, -0.2) is 47.7 Å². The lowest BCUT2D eigenvalue weighted by Crippen LogP contribution is -2.49. The first-order valence-corrected chi connectivity index (χ1v) is 11.4. The maximum Gasteiger partial charge on any atom is 0.233 e. The number of aromatic nitrogens is 1. The van der Waals surface area contributed by atoms with E-state index in [0.29, 0.717) is 5.75 Å². The van der Waals surface area contributed by atoms with Crippen LogP contribution in [0.5, 0.6) is 0 Å². The molecule has 3 aromatic rings. The van der Waals surface area contributed by atoms with Gasteiger partial charge >= 0.3 is 0 Å². The fraction of sp³-hybridized carbons (Fsp3) is 0.273. The highest BCUT2D eigenvalue weighted by atomic mass is 32.2. The zero-order chi connectivity index (χ0) is 20.2. The number of rotatable bonds is 5. The van der Waals surface area contributed by atoms with Crippen molar-refractivity contribution >= 4 is 34.7 Å². The zero-order valence-corrected chi connectivity index (χ0v) is 17.8. The first-order chi connectivity index (χ1) is 14.1. The first-order valence-electron chi connectivity index (χ1n) is 9.52. The van der Waals surface area contributed by atoms with Gasteiger partial charge in [-0.3, -0.25) is 4.79 Å². The van der Waals surface area contributed by atoms with E-state index in [1.54, 1.807) is 12.1 Å². The fourth-order valence-electron chi connectivity index (χ4n) is 3.33. The second-order valence-electron chi connectivity index (χ2n) is 7.00. The van der Waals surface area contributed by atoms with E-state index in [9.17, 15) is 9.18 Å². The van der Waals surface area contributed by atoms with Crippen molar-refractivity contribution in [1.29, 1.82) is 0 Å². The lowest BCUT2D eigenvalue weighted by Gasteiger charge is -2.36. The van der Waals surface area contributed by atoms with E-state index in [0.717, 1.165) is 41.8 Å². The number of thiazole rings is 1. The van der Waals surface area contributed by atoms with Gasteiger partial charge in [0.2, 0.25) is 5.91 Å². The summed E-state index contributed by atoms with van der Waals surface area (Å²) in [5, 5.41) is 1.95. The van der Waals surface area contributed by atoms with E-state index in [1.807, 2.05) is 10.3 Å². The molecule has 1 aromatic heterocycles. The molecule has 0 atom stereocenters. The van der Waals surface area contributed by atoms with Crippen molar-refractivity contribution in [1.82, 2.24) is 9.88 Å². The van der Waals surface area contributed by atoms with Crippen molar-refractivity contribution in [2.75, 3.05) is 36.8 Å². The third-order valence-electron chi connectivity index (χ3n) is 4.94. The van der Waals surface area contributed by atoms with Crippen molar-refractivity contribution in [2.45, 2.75) is 11.3 Å². The van der Waals surface area contributed by atoms with Crippen LogP contribution in [0.15, 0.2) is 58.3 Å². The van der Waals surface area contributed by atoms with Crippen molar-refractivity contribution < 1.29 is 9.18 Å². The number of benzene rings is 2. The first kappa shape index (κ1) is 19.9. The molecule has 0 aliphatic carbocycles. The molecule has 7 heteroatoms. The number of halogens is 1. The normalized spacial score (nSPS) is 14.3. The third-order valence-corrected chi connectivity index (χ3v) is 6.95. The number of aryl methyl sites for hydroxylation is 1. The number of carbonyl (C=O) groups is 1. The van der Waals surface area contributed by atoms with Crippen LogP contribution < -0.4 is 4.90 Å². The van der Waals surface area contributed by atoms with Gasteiger partial charge in [0.15, 0.2) is 4.34 Å². The van der Waals surface area contributed by atoms with Crippen LogP contribution in [0.2, 0.25) is 0 Å². The number of hydrogen-bond acceptors (Lipinski definition) is 5. The van der Waals surface area contributed by atoms with Crippen LogP contribution in [0.1, 0.15) is 5.56 Å². The van der Waals surface area contributed by atoms with Crippen LogP contribution in [0.3, 0.4) is 0 Å². The molecule has 2 heterocycles.